The SMILES string of the molecule is CSc1ccc(C(CC(=O)O)NC(=O)CCOC(C)C)cc1. The molecule has 0 aliphatic rings. The summed E-state index contributed by atoms with van der Waals surface area (Å²) in [5, 5.41) is 11.8. The summed E-state index contributed by atoms with van der Waals surface area (Å²) in [5.74, 6) is -1.15. The van der Waals surface area contributed by atoms with Crippen LogP contribution in [0.3, 0.4) is 0 Å². The van der Waals surface area contributed by atoms with E-state index in [4.69, 9.17) is 9.84 Å². The highest BCUT2D eigenvalue weighted by Gasteiger charge is 2.18. The van der Waals surface area contributed by atoms with Gasteiger partial charge in [0.25, 0.3) is 0 Å². The van der Waals surface area contributed by atoms with Crippen LogP contribution in [0, 0.1) is 0 Å². The van der Waals surface area contributed by atoms with E-state index in [1.165, 1.54) is 0 Å². The molecule has 0 heterocycles. The fourth-order valence-electron chi connectivity index (χ4n) is 1.92. The standard InChI is InChI=1S/C16H23NO4S/c1-11(2)21-9-8-15(18)17-14(10-16(19)20)12-4-6-13(22-3)7-5-12/h4-7,11,14H,8-10H2,1-3H3,(H,17,18)(H,19,20). The summed E-state index contributed by atoms with van der Waals surface area (Å²) in [7, 11) is 0. The number of carbonyl (C=O) groups excluding carboxylic acids is 1. The molecule has 1 rings (SSSR count). The molecule has 0 fully saturated rings. The van der Waals surface area contributed by atoms with E-state index >= 15 is 0 Å². The molecule has 5 nitrogen and oxygen atoms in total. The summed E-state index contributed by atoms with van der Waals surface area (Å²) in [4.78, 5) is 24.0. The van der Waals surface area contributed by atoms with E-state index in [2.05, 4.69) is 5.32 Å². The van der Waals surface area contributed by atoms with Gasteiger partial charge in [0, 0.05) is 11.3 Å². The zero-order valence-electron chi connectivity index (χ0n) is 13.2. The Labute approximate surface area is 135 Å². The lowest BCUT2D eigenvalue weighted by molar-refractivity contribution is -0.137. The topological polar surface area (TPSA) is 75.6 Å². The van der Waals surface area contributed by atoms with Crippen molar-refractivity contribution in [3.63, 3.8) is 0 Å². The largest absolute Gasteiger partial charge is 0.481 e. The molecule has 1 atom stereocenters. The molecule has 0 aliphatic heterocycles. The number of thioether (sulfide) groups is 1. The summed E-state index contributed by atoms with van der Waals surface area (Å²) in [6.07, 6.45) is 2.12. The van der Waals surface area contributed by atoms with Gasteiger partial charge in [-0.1, -0.05) is 12.1 Å². The van der Waals surface area contributed by atoms with Crippen molar-refractivity contribution in [2.24, 2.45) is 0 Å². The van der Waals surface area contributed by atoms with Crippen LogP contribution >= 0.6 is 11.8 Å². The minimum atomic E-state index is -0.947. The Hall–Kier alpha value is -1.53. The molecular weight excluding hydrogens is 302 g/mol. The Bertz CT molecular complexity index is 487. The number of carboxylic acid groups (broad SMARTS) is 1. The maximum Gasteiger partial charge on any atom is 0.305 e. The Balaban J connectivity index is 2.67. The van der Waals surface area contributed by atoms with Crippen molar-refractivity contribution in [1.82, 2.24) is 5.32 Å². The van der Waals surface area contributed by atoms with Crippen molar-refractivity contribution >= 4 is 23.6 Å². The van der Waals surface area contributed by atoms with Gasteiger partial charge in [-0.25, -0.2) is 0 Å². The van der Waals surface area contributed by atoms with Crippen LogP contribution in [0.5, 0.6) is 0 Å². The molecular formula is C16H23NO4S. The molecule has 0 bridgehead atoms. The van der Waals surface area contributed by atoms with Crippen LogP contribution in [0.4, 0.5) is 0 Å². The Morgan fingerprint density at radius 3 is 2.41 bits per heavy atom. The van der Waals surface area contributed by atoms with Crippen molar-refractivity contribution in [3.05, 3.63) is 29.8 Å². The van der Waals surface area contributed by atoms with Gasteiger partial charge >= 0.3 is 5.97 Å². The van der Waals surface area contributed by atoms with Crippen LogP contribution in [0.2, 0.25) is 0 Å². The number of benzene rings is 1. The number of nitrogens with one attached hydrogen (secondary N) is 1. The van der Waals surface area contributed by atoms with E-state index in [0.717, 1.165) is 10.5 Å². The van der Waals surface area contributed by atoms with Crippen molar-refractivity contribution in [2.75, 3.05) is 12.9 Å². The second kappa shape index (κ2) is 9.48. The normalized spacial score (nSPS) is 12.2. The summed E-state index contributed by atoms with van der Waals surface area (Å²) >= 11 is 1.61. The first kappa shape index (κ1) is 18.5. The molecule has 0 aliphatic carbocycles. The molecule has 0 radical (unpaired) electrons. The van der Waals surface area contributed by atoms with Crippen molar-refractivity contribution < 1.29 is 19.4 Å². The van der Waals surface area contributed by atoms with Gasteiger partial charge in [0.1, 0.15) is 0 Å². The third-order valence-corrected chi connectivity index (χ3v) is 3.76. The highest BCUT2D eigenvalue weighted by molar-refractivity contribution is 7.98. The number of ether oxygens (including phenoxy) is 1. The number of carbonyl (C=O) groups is 2. The number of carboxylic acids is 1. The minimum Gasteiger partial charge on any atom is -0.481 e. The van der Waals surface area contributed by atoms with E-state index in [1.807, 2.05) is 44.4 Å². The van der Waals surface area contributed by atoms with Gasteiger partial charge in [0.15, 0.2) is 0 Å². The lowest BCUT2D eigenvalue weighted by Gasteiger charge is -2.18. The molecule has 22 heavy (non-hydrogen) atoms. The number of hydrogen-bond acceptors (Lipinski definition) is 4. The third-order valence-electron chi connectivity index (χ3n) is 3.01. The van der Waals surface area contributed by atoms with Gasteiger partial charge < -0.3 is 15.2 Å². The van der Waals surface area contributed by atoms with E-state index in [9.17, 15) is 9.59 Å². The van der Waals surface area contributed by atoms with E-state index < -0.39 is 12.0 Å². The predicted octanol–water partition coefficient (Wildman–Crippen LogP) is 2.86. The molecule has 0 saturated carbocycles. The second-order valence-corrected chi connectivity index (χ2v) is 6.04. The second-order valence-electron chi connectivity index (χ2n) is 5.16. The Morgan fingerprint density at radius 1 is 1.27 bits per heavy atom. The number of hydrogen-bond donors (Lipinski definition) is 2. The van der Waals surface area contributed by atoms with E-state index in [-0.39, 0.29) is 24.9 Å². The summed E-state index contributed by atoms with van der Waals surface area (Å²) in [5.41, 5.74) is 0.790. The first-order chi connectivity index (χ1) is 10.4. The lowest BCUT2D eigenvalue weighted by Crippen LogP contribution is -2.31. The third kappa shape index (κ3) is 6.95. The summed E-state index contributed by atoms with van der Waals surface area (Å²) < 4.78 is 5.33. The average Bonchev–Trinajstić information content (AvgIpc) is 2.46. The number of rotatable bonds is 9. The molecule has 0 saturated heterocycles. The van der Waals surface area contributed by atoms with Crippen LogP contribution in [0.25, 0.3) is 0 Å². The van der Waals surface area contributed by atoms with E-state index in [0.29, 0.717) is 6.61 Å². The average molecular weight is 325 g/mol. The molecule has 0 aromatic heterocycles. The maximum atomic E-state index is 11.9. The van der Waals surface area contributed by atoms with Gasteiger partial charge in [-0.05, 0) is 37.8 Å². The summed E-state index contributed by atoms with van der Waals surface area (Å²) in [6.45, 7) is 4.13. The van der Waals surface area contributed by atoms with Crippen molar-refractivity contribution in [3.8, 4) is 0 Å². The molecule has 122 valence electrons. The van der Waals surface area contributed by atoms with Crippen molar-refractivity contribution in [2.45, 2.75) is 43.7 Å². The molecule has 1 amide bonds. The minimum absolute atomic E-state index is 0.0710. The number of amides is 1. The van der Waals surface area contributed by atoms with Gasteiger partial charge in [0.2, 0.25) is 5.91 Å². The van der Waals surface area contributed by atoms with Crippen LogP contribution < -0.4 is 5.32 Å². The maximum absolute atomic E-state index is 11.9. The predicted molar refractivity (Wildman–Crippen MR) is 87.1 cm³/mol. The fourth-order valence-corrected chi connectivity index (χ4v) is 2.33. The quantitative estimate of drug-likeness (QED) is 0.683. The monoisotopic (exact) mass is 325 g/mol. The molecule has 0 spiro atoms. The highest BCUT2D eigenvalue weighted by Crippen LogP contribution is 2.21. The van der Waals surface area contributed by atoms with Gasteiger partial charge in [-0.15, -0.1) is 11.8 Å². The van der Waals surface area contributed by atoms with Gasteiger partial charge in [0.05, 0.1) is 25.2 Å². The smallest absolute Gasteiger partial charge is 0.305 e. The first-order valence-corrected chi connectivity index (χ1v) is 8.41. The van der Waals surface area contributed by atoms with Gasteiger partial charge in [-0.3, -0.25) is 9.59 Å². The highest BCUT2D eigenvalue weighted by atomic mass is 32.2. The lowest BCUT2D eigenvalue weighted by atomic mass is 10.0. The molecule has 2 N–H and O–H groups in total. The Morgan fingerprint density at radius 2 is 1.91 bits per heavy atom. The van der Waals surface area contributed by atoms with Crippen LogP contribution in [-0.4, -0.2) is 35.9 Å². The molecule has 1 unspecified atom stereocenters. The Kier molecular flexibility index (Phi) is 7.98. The summed E-state index contributed by atoms with van der Waals surface area (Å²) in [6, 6.07) is 7.01. The fraction of sp³-hybridized carbons (Fsp3) is 0.500. The molecule has 6 heteroatoms. The molecule has 1 aromatic rings. The number of aliphatic carboxylic acids is 1. The zero-order chi connectivity index (χ0) is 16.5. The van der Waals surface area contributed by atoms with Crippen molar-refractivity contribution in [1.29, 1.82) is 0 Å². The first-order valence-electron chi connectivity index (χ1n) is 7.19. The van der Waals surface area contributed by atoms with E-state index in [1.54, 1.807) is 11.8 Å². The van der Waals surface area contributed by atoms with Crippen LogP contribution in [-0.2, 0) is 14.3 Å². The molecule has 1 aromatic carbocycles. The van der Waals surface area contributed by atoms with Crippen LogP contribution in [0.1, 0.15) is 38.3 Å². The van der Waals surface area contributed by atoms with Gasteiger partial charge in [-0.2, -0.15) is 0 Å². The zero-order valence-corrected chi connectivity index (χ0v) is 14.0. The van der Waals surface area contributed by atoms with Crippen LogP contribution in [0.15, 0.2) is 29.2 Å².